The van der Waals surface area contributed by atoms with Gasteiger partial charge in [0.1, 0.15) is 0 Å². The van der Waals surface area contributed by atoms with E-state index in [1.165, 1.54) is 0 Å². The number of benzene rings is 1. The van der Waals surface area contributed by atoms with E-state index in [1.807, 2.05) is 12.1 Å². The molecule has 0 saturated carbocycles. The Balaban J connectivity index is 1.92. The van der Waals surface area contributed by atoms with Gasteiger partial charge in [0.2, 0.25) is 0 Å². The number of ether oxygens (including phenoxy) is 2. The molecule has 1 aliphatic rings. The SMILES string of the molecule is CCNC(=NCCc1ccc(O)c(OC)c1)N(C)CC1CCOC1. The Morgan fingerprint density at radius 2 is 2.33 bits per heavy atom. The topological polar surface area (TPSA) is 66.3 Å². The zero-order valence-electron chi connectivity index (χ0n) is 14.9. The summed E-state index contributed by atoms with van der Waals surface area (Å²) < 4.78 is 10.6. The van der Waals surface area contributed by atoms with E-state index in [2.05, 4.69) is 24.2 Å². The molecule has 0 spiro atoms. The minimum Gasteiger partial charge on any atom is -0.504 e. The zero-order chi connectivity index (χ0) is 17.4. The standard InChI is InChI=1S/C18H29N3O3/c1-4-19-18(21(2)12-15-8-10-24-13-15)20-9-7-14-5-6-16(22)17(11-14)23-3/h5-6,11,15,22H,4,7-10,12-13H2,1-3H3,(H,19,20). The molecule has 1 aromatic carbocycles. The van der Waals surface area contributed by atoms with Crippen LogP contribution in [0.25, 0.3) is 0 Å². The number of rotatable bonds is 7. The molecule has 6 heteroatoms. The summed E-state index contributed by atoms with van der Waals surface area (Å²) in [6, 6.07) is 5.42. The number of hydrogen-bond acceptors (Lipinski definition) is 4. The lowest BCUT2D eigenvalue weighted by Crippen LogP contribution is -2.41. The summed E-state index contributed by atoms with van der Waals surface area (Å²) in [4.78, 5) is 6.90. The van der Waals surface area contributed by atoms with E-state index in [0.29, 0.717) is 18.2 Å². The second-order valence-electron chi connectivity index (χ2n) is 6.10. The fourth-order valence-electron chi connectivity index (χ4n) is 2.84. The second kappa shape index (κ2) is 9.37. The molecule has 1 fully saturated rings. The number of hydrogen-bond donors (Lipinski definition) is 2. The lowest BCUT2D eigenvalue weighted by atomic mass is 10.1. The van der Waals surface area contributed by atoms with E-state index in [-0.39, 0.29) is 5.75 Å². The van der Waals surface area contributed by atoms with Crippen molar-refractivity contribution in [3.63, 3.8) is 0 Å². The summed E-state index contributed by atoms with van der Waals surface area (Å²) in [6.45, 7) is 6.27. The van der Waals surface area contributed by atoms with Crippen LogP contribution in [0.2, 0.25) is 0 Å². The van der Waals surface area contributed by atoms with Crippen molar-refractivity contribution in [2.75, 3.05) is 47.0 Å². The van der Waals surface area contributed by atoms with Crippen molar-refractivity contribution in [2.24, 2.45) is 10.9 Å². The number of methoxy groups -OCH3 is 1. The van der Waals surface area contributed by atoms with Gasteiger partial charge in [-0.1, -0.05) is 6.07 Å². The first-order valence-electron chi connectivity index (χ1n) is 8.57. The van der Waals surface area contributed by atoms with E-state index in [9.17, 15) is 5.11 Å². The van der Waals surface area contributed by atoms with Crippen molar-refractivity contribution < 1.29 is 14.6 Å². The van der Waals surface area contributed by atoms with Crippen LogP contribution in [0.15, 0.2) is 23.2 Å². The maximum Gasteiger partial charge on any atom is 0.193 e. The number of guanidine groups is 1. The third-order valence-corrected chi connectivity index (χ3v) is 4.16. The van der Waals surface area contributed by atoms with Crippen LogP contribution >= 0.6 is 0 Å². The molecular weight excluding hydrogens is 306 g/mol. The monoisotopic (exact) mass is 335 g/mol. The molecular formula is C18H29N3O3. The molecule has 2 N–H and O–H groups in total. The average molecular weight is 335 g/mol. The zero-order valence-corrected chi connectivity index (χ0v) is 14.9. The number of phenolic OH excluding ortho intramolecular Hbond substituents is 1. The van der Waals surface area contributed by atoms with Crippen LogP contribution in [0.3, 0.4) is 0 Å². The van der Waals surface area contributed by atoms with Crippen LogP contribution in [-0.4, -0.2) is 63.0 Å². The van der Waals surface area contributed by atoms with Crippen molar-refractivity contribution in [2.45, 2.75) is 19.8 Å². The van der Waals surface area contributed by atoms with Crippen molar-refractivity contribution in [1.82, 2.24) is 10.2 Å². The first-order valence-corrected chi connectivity index (χ1v) is 8.57. The molecule has 1 atom stereocenters. The van der Waals surface area contributed by atoms with Crippen molar-refractivity contribution in [1.29, 1.82) is 0 Å². The quantitative estimate of drug-likeness (QED) is 0.588. The highest BCUT2D eigenvalue weighted by Crippen LogP contribution is 2.26. The minimum absolute atomic E-state index is 0.164. The molecule has 1 heterocycles. The van der Waals surface area contributed by atoms with Crippen molar-refractivity contribution in [3.8, 4) is 11.5 Å². The van der Waals surface area contributed by atoms with E-state index in [1.54, 1.807) is 13.2 Å². The summed E-state index contributed by atoms with van der Waals surface area (Å²) in [6.07, 6.45) is 1.92. The van der Waals surface area contributed by atoms with Gasteiger partial charge in [-0.3, -0.25) is 4.99 Å². The molecule has 1 saturated heterocycles. The van der Waals surface area contributed by atoms with E-state index >= 15 is 0 Å². The van der Waals surface area contributed by atoms with Gasteiger partial charge in [0, 0.05) is 39.2 Å². The minimum atomic E-state index is 0.164. The van der Waals surface area contributed by atoms with Gasteiger partial charge in [-0.2, -0.15) is 0 Å². The van der Waals surface area contributed by atoms with Crippen LogP contribution < -0.4 is 10.1 Å². The third-order valence-electron chi connectivity index (χ3n) is 4.16. The van der Waals surface area contributed by atoms with Crippen LogP contribution in [0.1, 0.15) is 18.9 Å². The highest BCUT2D eigenvalue weighted by Gasteiger charge is 2.18. The molecule has 0 amide bonds. The molecule has 134 valence electrons. The predicted molar refractivity (Wildman–Crippen MR) is 95.9 cm³/mol. The molecule has 2 rings (SSSR count). The van der Waals surface area contributed by atoms with Crippen LogP contribution in [0.5, 0.6) is 11.5 Å². The van der Waals surface area contributed by atoms with E-state index in [0.717, 1.165) is 50.7 Å². The van der Waals surface area contributed by atoms with Gasteiger partial charge in [0.15, 0.2) is 17.5 Å². The smallest absolute Gasteiger partial charge is 0.193 e. The lowest BCUT2D eigenvalue weighted by Gasteiger charge is -2.24. The predicted octanol–water partition coefficient (Wildman–Crippen LogP) is 1.88. The van der Waals surface area contributed by atoms with Crippen molar-refractivity contribution >= 4 is 5.96 Å². The maximum atomic E-state index is 9.65. The Hall–Kier alpha value is -1.95. The lowest BCUT2D eigenvalue weighted by molar-refractivity contribution is 0.181. The Bertz CT molecular complexity index is 542. The van der Waals surface area contributed by atoms with Crippen molar-refractivity contribution in [3.05, 3.63) is 23.8 Å². The number of nitrogens with zero attached hydrogens (tertiary/aromatic N) is 2. The van der Waals surface area contributed by atoms with Gasteiger partial charge in [-0.15, -0.1) is 0 Å². The van der Waals surface area contributed by atoms with E-state index < -0.39 is 0 Å². The van der Waals surface area contributed by atoms with Crippen LogP contribution in [0.4, 0.5) is 0 Å². The van der Waals surface area contributed by atoms with Gasteiger partial charge < -0.3 is 24.8 Å². The number of phenols is 1. The molecule has 6 nitrogen and oxygen atoms in total. The van der Waals surface area contributed by atoms with Gasteiger partial charge >= 0.3 is 0 Å². The largest absolute Gasteiger partial charge is 0.504 e. The number of aliphatic imine (C=N–C) groups is 1. The van der Waals surface area contributed by atoms with Gasteiger partial charge in [0.05, 0.1) is 13.7 Å². The molecule has 0 radical (unpaired) electrons. The number of nitrogens with one attached hydrogen (secondary N) is 1. The molecule has 0 aliphatic carbocycles. The summed E-state index contributed by atoms with van der Waals surface area (Å²) in [5, 5.41) is 13.0. The summed E-state index contributed by atoms with van der Waals surface area (Å²) in [7, 11) is 3.63. The normalized spacial score (nSPS) is 17.8. The van der Waals surface area contributed by atoms with Gasteiger partial charge in [-0.05, 0) is 37.5 Å². The fourth-order valence-corrected chi connectivity index (χ4v) is 2.84. The third kappa shape index (κ3) is 5.30. The first kappa shape index (κ1) is 18.4. The van der Waals surface area contributed by atoms with Crippen LogP contribution in [0, 0.1) is 5.92 Å². The summed E-state index contributed by atoms with van der Waals surface area (Å²) >= 11 is 0. The second-order valence-corrected chi connectivity index (χ2v) is 6.10. The highest BCUT2D eigenvalue weighted by atomic mass is 16.5. The fraction of sp³-hybridized carbons (Fsp3) is 0.611. The van der Waals surface area contributed by atoms with Gasteiger partial charge in [0.25, 0.3) is 0 Å². The summed E-state index contributed by atoms with van der Waals surface area (Å²) in [5.74, 6) is 2.17. The number of aromatic hydroxyl groups is 1. The Labute approximate surface area is 144 Å². The van der Waals surface area contributed by atoms with Gasteiger partial charge in [-0.25, -0.2) is 0 Å². The Morgan fingerprint density at radius 1 is 1.50 bits per heavy atom. The first-order chi connectivity index (χ1) is 11.6. The van der Waals surface area contributed by atoms with E-state index in [4.69, 9.17) is 14.5 Å². The highest BCUT2D eigenvalue weighted by molar-refractivity contribution is 5.79. The molecule has 1 aromatic rings. The Kier molecular flexibility index (Phi) is 7.18. The molecule has 0 bridgehead atoms. The summed E-state index contributed by atoms with van der Waals surface area (Å²) in [5.41, 5.74) is 1.09. The van der Waals surface area contributed by atoms with Crippen LogP contribution in [-0.2, 0) is 11.2 Å². The average Bonchev–Trinajstić information content (AvgIpc) is 3.08. The Morgan fingerprint density at radius 3 is 3.00 bits per heavy atom. The molecule has 1 aliphatic heterocycles. The molecule has 1 unspecified atom stereocenters. The molecule has 0 aromatic heterocycles. The molecule has 24 heavy (non-hydrogen) atoms. The maximum absolute atomic E-state index is 9.65.